The van der Waals surface area contributed by atoms with E-state index in [1.807, 2.05) is 23.5 Å². The van der Waals surface area contributed by atoms with Crippen molar-refractivity contribution in [2.75, 3.05) is 0 Å². The Balaban J connectivity index is 1.85. The van der Waals surface area contributed by atoms with Gasteiger partial charge in [-0.1, -0.05) is 15.9 Å². The number of aromatic amines is 1. The number of aryl methyl sites for hydroxylation is 2. The molecule has 1 aliphatic carbocycles. The van der Waals surface area contributed by atoms with Crippen LogP contribution in [0.1, 0.15) is 16.9 Å². The van der Waals surface area contributed by atoms with Gasteiger partial charge in [0.1, 0.15) is 5.82 Å². The second kappa shape index (κ2) is 3.93. The van der Waals surface area contributed by atoms with Crippen LogP contribution in [0.4, 0.5) is 0 Å². The fraction of sp³-hybridized carbons (Fsp3) is 0.214. The van der Waals surface area contributed by atoms with E-state index < -0.39 is 0 Å². The van der Waals surface area contributed by atoms with E-state index >= 15 is 0 Å². The van der Waals surface area contributed by atoms with E-state index in [2.05, 4.69) is 38.0 Å². The van der Waals surface area contributed by atoms with E-state index in [1.165, 1.54) is 29.7 Å². The number of nitrogens with zero attached hydrogens (tertiary/aromatic N) is 1. The Labute approximate surface area is 117 Å². The molecule has 0 radical (unpaired) electrons. The van der Waals surface area contributed by atoms with Crippen LogP contribution >= 0.6 is 27.3 Å². The number of hydrogen-bond acceptors (Lipinski definition) is 2. The van der Waals surface area contributed by atoms with Gasteiger partial charge in [-0.25, -0.2) is 4.98 Å². The maximum absolute atomic E-state index is 4.67. The summed E-state index contributed by atoms with van der Waals surface area (Å²) < 4.78 is 1.08. The molecular weight excluding hydrogens is 308 g/mol. The van der Waals surface area contributed by atoms with Crippen LogP contribution in [-0.4, -0.2) is 9.97 Å². The number of nitrogens with one attached hydrogen (secondary N) is 1. The number of aromatic nitrogens is 2. The number of benzene rings is 1. The third-order valence-corrected chi connectivity index (χ3v) is 5.16. The van der Waals surface area contributed by atoms with Crippen LogP contribution in [0.2, 0.25) is 0 Å². The topological polar surface area (TPSA) is 28.7 Å². The van der Waals surface area contributed by atoms with Gasteiger partial charge in [-0.2, -0.15) is 0 Å². The van der Waals surface area contributed by atoms with Crippen molar-refractivity contribution >= 4 is 38.3 Å². The van der Waals surface area contributed by atoms with Gasteiger partial charge in [-0.3, -0.25) is 0 Å². The van der Waals surface area contributed by atoms with Gasteiger partial charge in [0.25, 0.3) is 0 Å². The molecule has 0 atom stereocenters. The van der Waals surface area contributed by atoms with Crippen LogP contribution in [0.5, 0.6) is 0 Å². The average molecular weight is 319 g/mol. The lowest BCUT2D eigenvalue weighted by molar-refractivity contribution is 0.915. The lowest BCUT2D eigenvalue weighted by Crippen LogP contribution is -1.75. The maximum Gasteiger partial charge on any atom is 0.148 e. The van der Waals surface area contributed by atoms with Crippen molar-refractivity contribution in [2.24, 2.45) is 0 Å². The lowest BCUT2D eigenvalue weighted by Gasteiger charge is -1.90. The zero-order chi connectivity index (χ0) is 12.1. The summed E-state index contributed by atoms with van der Waals surface area (Å²) >= 11 is 5.38. The van der Waals surface area contributed by atoms with E-state index in [9.17, 15) is 0 Å². The van der Waals surface area contributed by atoms with Crippen LogP contribution in [0.3, 0.4) is 0 Å². The number of halogens is 1. The maximum atomic E-state index is 4.67. The van der Waals surface area contributed by atoms with Gasteiger partial charge >= 0.3 is 0 Å². The first kappa shape index (κ1) is 10.8. The number of hydrogen-bond donors (Lipinski definition) is 1. The number of fused-ring (bicyclic) bond motifs is 2. The van der Waals surface area contributed by atoms with Crippen LogP contribution in [0.25, 0.3) is 21.7 Å². The molecule has 4 heteroatoms. The van der Waals surface area contributed by atoms with Crippen LogP contribution in [0.15, 0.2) is 28.7 Å². The van der Waals surface area contributed by atoms with E-state index in [-0.39, 0.29) is 0 Å². The molecule has 0 saturated carbocycles. The molecule has 2 heterocycles. The highest BCUT2D eigenvalue weighted by molar-refractivity contribution is 9.10. The van der Waals surface area contributed by atoms with Gasteiger partial charge in [0.05, 0.1) is 15.9 Å². The summed E-state index contributed by atoms with van der Waals surface area (Å²) in [5.74, 6) is 1.00. The predicted molar refractivity (Wildman–Crippen MR) is 79.1 cm³/mol. The van der Waals surface area contributed by atoms with Gasteiger partial charge in [0, 0.05) is 9.35 Å². The molecule has 0 fully saturated rings. The van der Waals surface area contributed by atoms with Crippen molar-refractivity contribution in [1.82, 2.24) is 9.97 Å². The fourth-order valence-electron chi connectivity index (χ4n) is 2.54. The molecule has 2 nitrogen and oxygen atoms in total. The summed E-state index contributed by atoms with van der Waals surface area (Å²) in [5.41, 5.74) is 3.64. The highest BCUT2D eigenvalue weighted by Crippen LogP contribution is 2.36. The van der Waals surface area contributed by atoms with E-state index in [0.29, 0.717) is 0 Å². The Morgan fingerprint density at radius 1 is 1.22 bits per heavy atom. The molecule has 0 amide bonds. The Morgan fingerprint density at radius 2 is 2.17 bits per heavy atom. The molecule has 0 saturated heterocycles. The van der Waals surface area contributed by atoms with Crippen LogP contribution in [-0.2, 0) is 12.8 Å². The van der Waals surface area contributed by atoms with Gasteiger partial charge < -0.3 is 4.98 Å². The molecule has 1 N–H and O–H groups in total. The van der Waals surface area contributed by atoms with E-state index in [4.69, 9.17) is 0 Å². The van der Waals surface area contributed by atoms with Crippen molar-refractivity contribution in [1.29, 1.82) is 0 Å². The number of rotatable bonds is 1. The molecule has 0 aliphatic heterocycles. The zero-order valence-corrected chi connectivity index (χ0v) is 12.1. The first-order valence-corrected chi connectivity index (χ1v) is 7.68. The smallest absolute Gasteiger partial charge is 0.148 e. The normalized spacial score (nSPS) is 14.3. The van der Waals surface area contributed by atoms with E-state index in [1.54, 1.807) is 4.88 Å². The third kappa shape index (κ3) is 1.63. The molecule has 2 aromatic heterocycles. The Kier molecular flexibility index (Phi) is 2.35. The summed E-state index contributed by atoms with van der Waals surface area (Å²) in [6, 6.07) is 8.45. The average Bonchev–Trinajstić information content (AvgIpc) is 2.99. The molecular formula is C14H11BrN2S. The molecule has 3 aromatic rings. The molecule has 4 rings (SSSR count). The Hall–Kier alpha value is -1.13. The highest BCUT2D eigenvalue weighted by Gasteiger charge is 2.17. The van der Waals surface area contributed by atoms with Crippen molar-refractivity contribution in [3.63, 3.8) is 0 Å². The van der Waals surface area contributed by atoms with Gasteiger partial charge in [0.15, 0.2) is 0 Å². The summed E-state index contributed by atoms with van der Waals surface area (Å²) in [5, 5.41) is 0. The van der Waals surface area contributed by atoms with Gasteiger partial charge in [-0.15, -0.1) is 11.3 Å². The SMILES string of the molecule is Brc1ccc2nc(-c3cc4c(s3)CCC4)[nH]c2c1. The minimum Gasteiger partial charge on any atom is -0.337 e. The summed E-state index contributed by atoms with van der Waals surface area (Å²) in [4.78, 5) is 10.9. The molecule has 0 bridgehead atoms. The molecule has 1 aliphatic rings. The third-order valence-electron chi connectivity index (χ3n) is 3.42. The number of H-pyrrole nitrogens is 1. The minimum atomic E-state index is 1.00. The monoisotopic (exact) mass is 318 g/mol. The predicted octanol–water partition coefficient (Wildman–Crippen LogP) is 4.54. The van der Waals surface area contributed by atoms with Gasteiger partial charge in [-0.05, 0) is 49.1 Å². The Bertz CT molecular complexity index is 720. The van der Waals surface area contributed by atoms with Crippen LogP contribution in [0, 0.1) is 0 Å². The summed E-state index contributed by atoms with van der Waals surface area (Å²) in [6.07, 6.45) is 3.79. The zero-order valence-electron chi connectivity index (χ0n) is 9.66. The quantitative estimate of drug-likeness (QED) is 0.701. The Morgan fingerprint density at radius 3 is 3.06 bits per heavy atom. The first-order valence-electron chi connectivity index (χ1n) is 6.07. The van der Waals surface area contributed by atoms with Crippen molar-refractivity contribution in [3.05, 3.63) is 39.2 Å². The second-order valence-corrected chi connectivity index (χ2v) is 6.71. The van der Waals surface area contributed by atoms with E-state index in [0.717, 1.165) is 21.3 Å². The molecule has 1 aromatic carbocycles. The second-order valence-electron chi connectivity index (χ2n) is 4.66. The summed E-state index contributed by atoms with van der Waals surface area (Å²) in [7, 11) is 0. The number of thiophene rings is 1. The van der Waals surface area contributed by atoms with Crippen molar-refractivity contribution < 1.29 is 0 Å². The number of imidazole rings is 1. The molecule has 0 unspecified atom stereocenters. The van der Waals surface area contributed by atoms with Crippen molar-refractivity contribution in [2.45, 2.75) is 19.3 Å². The largest absolute Gasteiger partial charge is 0.337 e. The first-order chi connectivity index (χ1) is 8.79. The minimum absolute atomic E-state index is 1.00. The standard InChI is InChI=1S/C14H11BrN2S/c15-9-4-5-10-11(7-9)17-14(16-10)13-6-8-2-1-3-12(8)18-13/h4-7H,1-3H2,(H,16,17). The summed E-state index contributed by atoms with van der Waals surface area (Å²) in [6.45, 7) is 0. The molecule has 90 valence electrons. The van der Waals surface area contributed by atoms with Gasteiger partial charge in [0.2, 0.25) is 0 Å². The molecule has 0 spiro atoms. The fourth-order valence-corrected chi connectivity index (χ4v) is 4.10. The van der Waals surface area contributed by atoms with Crippen molar-refractivity contribution in [3.8, 4) is 10.7 Å². The lowest BCUT2D eigenvalue weighted by atomic mass is 10.2. The van der Waals surface area contributed by atoms with Crippen LogP contribution < -0.4 is 0 Å². The molecule has 18 heavy (non-hydrogen) atoms. The highest BCUT2D eigenvalue weighted by atomic mass is 79.9.